The molecule has 0 spiro atoms. The summed E-state index contributed by atoms with van der Waals surface area (Å²) in [7, 11) is 1.66. The van der Waals surface area contributed by atoms with Crippen LogP contribution in [0.25, 0.3) is 0 Å². The van der Waals surface area contributed by atoms with Gasteiger partial charge in [-0.3, -0.25) is 0 Å². The van der Waals surface area contributed by atoms with Gasteiger partial charge in [0, 0.05) is 12.6 Å². The predicted octanol–water partition coefficient (Wildman–Crippen LogP) is 3.73. The van der Waals surface area contributed by atoms with Crippen LogP contribution in [0.1, 0.15) is 24.1 Å². The number of hydrogen-bond donors (Lipinski definition) is 1. The van der Waals surface area contributed by atoms with Crippen LogP contribution >= 0.6 is 0 Å². The van der Waals surface area contributed by atoms with Crippen molar-refractivity contribution in [2.45, 2.75) is 19.9 Å². The van der Waals surface area contributed by atoms with Crippen LogP contribution in [-0.2, 0) is 0 Å². The van der Waals surface area contributed by atoms with Crippen molar-refractivity contribution in [3.05, 3.63) is 59.7 Å². The predicted molar refractivity (Wildman–Crippen MR) is 86.1 cm³/mol. The zero-order valence-electron chi connectivity index (χ0n) is 12.9. The molecule has 2 aromatic carbocycles. The van der Waals surface area contributed by atoms with Crippen LogP contribution < -0.4 is 14.8 Å². The fraction of sp³-hybridized carbons (Fsp3) is 0.333. The minimum absolute atomic E-state index is 0.323. The van der Waals surface area contributed by atoms with E-state index in [0.717, 1.165) is 18.0 Å². The average Bonchev–Trinajstić information content (AvgIpc) is 2.52. The normalized spacial score (nSPS) is 12.0. The minimum atomic E-state index is 0.323. The summed E-state index contributed by atoms with van der Waals surface area (Å²) in [5.41, 5.74) is 2.59. The summed E-state index contributed by atoms with van der Waals surface area (Å²) in [6.45, 7) is 5.73. The summed E-state index contributed by atoms with van der Waals surface area (Å²) in [6, 6.07) is 16.5. The van der Waals surface area contributed by atoms with E-state index in [1.54, 1.807) is 7.11 Å². The zero-order valence-corrected chi connectivity index (χ0v) is 12.9. The molecule has 3 nitrogen and oxygen atoms in total. The molecule has 1 N–H and O–H groups in total. The quantitative estimate of drug-likeness (QED) is 0.786. The van der Waals surface area contributed by atoms with Crippen molar-refractivity contribution in [3.8, 4) is 11.5 Å². The Morgan fingerprint density at radius 2 is 1.76 bits per heavy atom. The highest BCUT2D eigenvalue weighted by Crippen LogP contribution is 2.17. The van der Waals surface area contributed by atoms with Crippen molar-refractivity contribution in [2.24, 2.45) is 0 Å². The van der Waals surface area contributed by atoms with Gasteiger partial charge in [0.25, 0.3) is 0 Å². The Labute approximate surface area is 126 Å². The molecule has 0 saturated heterocycles. The lowest BCUT2D eigenvalue weighted by atomic mass is 10.1. The number of ether oxygens (including phenoxy) is 2. The SMILES string of the molecule is COc1ccc(OCCN[C@H](C)c2cccc(C)c2)cc1. The molecule has 0 aliphatic carbocycles. The zero-order chi connectivity index (χ0) is 15.1. The van der Waals surface area contributed by atoms with E-state index in [2.05, 4.69) is 43.4 Å². The van der Waals surface area contributed by atoms with Crippen molar-refractivity contribution in [1.29, 1.82) is 0 Å². The van der Waals surface area contributed by atoms with Gasteiger partial charge in [0.05, 0.1) is 7.11 Å². The summed E-state index contributed by atoms with van der Waals surface area (Å²) in [6.07, 6.45) is 0. The van der Waals surface area contributed by atoms with Crippen LogP contribution in [0.3, 0.4) is 0 Å². The van der Waals surface area contributed by atoms with Crippen LogP contribution in [0.2, 0.25) is 0 Å². The van der Waals surface area contributed by atoms with Crippen molar-refractivity contribution in [1.82, 2.24) is 5.32 Å². The molecule has 0 unspecified atom stereocenters. The lowest BCUT2D eigenvalue weighted by molar-refractivity contribution is 0.307. The molecule has 0 amide bonds. The first kappa shape index (κ1) is 15.4. The van der Waals surface area contributed by atoms with E-state index in [4.69, 9.17) is 9.47 Å². The largest absolute Gasteiger partial charge is 0.497 e. The third-order valence-electron chi connectivity index (χ3n) is 3.42. The maximum absolute atomic E-state index is 5.70. The van der Waals surface area contributed by atoms with Gasteiger partial charge in [0.1, 0.15) is 18.1 Å². The second kappa shape index (κ2) is 7.70. The van der Waals surface area contributed by atoms with E-state index < -0.39 is 0 Å². The van der Waals surface area contributed by atoms with Gasteiger partial charge < -0.3 is 14.8 Å². The molecule has 0 bridgehead atoms. The lowest BCUT2D eigenvalue weighted by Crippen LogP contribution is -2.24. The highest BCUT2D eigenvalue weighted by atomic mass is 16.5. The van der Waals surface area contributed by atoms with E-state index in [-0.39, 0.29) is 0 Å². The van der Waals surface area contributed by atoms with Gasteiger partial charge in [-0.25, -0.2) is 0 Å². The average molecular weight is 285 g/mol. The summed E-state index contributed by atoms with van der Waals surface area (Å²) in [5.74, 6) is 1.70. The summed E-state index contributed by atoms with van der Waals surface area (Å²) < 4.78 is 10.8. The van der Waals surface area contributed by atoms with E-state index in [1.807, 2.05) is 24.3 Å². The smallest absolute Gasteiger partial charge is 0.119 e. The third kappa shape index (κ3) is 4.80. The summed E-state index contributed by atoms with van der Waals surface area (Å²) >= 11 is 0. The first-order chi connectivity index (χ1) is 10.2. The maximum atomic E-state index is 5.70. The highest BCUT2D eigenvalue weighted by Gasteiger charge is 2.04. The molecule has 1 atom stereocenters. The molecule has 2 aromatic rings. The van der Waals surface area contributed by atoms with Gasteiger partial charge in [0.2, 0.25) is 0 Å². The number of benzene rings is 2. The standard InChI is InChI=1S/C18H23NO2/c1-14-5-4-6-16(13-14)15(2)19-11-12-21-18-9-7-17(20-3)8-10-18/h4-10,13,15,19H,11-12H2,1-3H3/t15-/m1/s1. The molecule has 0 fully saturated rings. The van der Waals surface area contributed by atoms with Gasteiger partial charge in [0.15, 0.2) is 0 Å². The van der Waals surface area contributed by atoms with Crippen LogP contribution in [0.15, 0.2) is 48.5 Å². The number of rotatable bonds is 7. The van der Waals surface area contributed by atoms with Gasteiger partial charge in [-0.2, -0.15) is 0 Å². The Morgan fingerprint density at radius 1 is 1.05 bits per heavy atom. The van der Waals surface area contributed by atoms with Gasteiger partial charge in [-0.1, -0.05) is 29.8 Å². The topological polar surface area (TPSA) is 30.5 Å². The molecule has 0 saturated carbocycles. The van der Waals surface area contributed by atoms with E-state index >= 15 is 0 Å². The monoisotopic (exact) mass is 285 g/mol. The molecule has 0 aliphatic heterocycles. The van der Waals surface area contributed by atoms with Crippen LogP contribution in [0.5, 0.6) is 11.5 Å². The minimum Gasteiger partial charge on any atom is -0.497 e. The Bertz CT molecular complexity index is 551. The second-order valence-electron chi connectivity index (χ2n) is 5.11. The molecule has 3 heteroatoms. The van der Waals surface area contributed by atoms with Crippen LogP contribution in [0, 0.1) is 6.92 Å². The van der Waals surface area contributed by atoms with Crippen molar-refractivity contribution in [3.63, 3.8) is 0 Å². The molecule has 0 heterocycles. The van der Waals surface area contributed by atoms with Crippen molar-refractivity contribution >= 4 is 0 Å². The second-order valence-corrected chi connectivity index (χ2v) is 5.11. The number of aryl methyl sites for hydroxylation is 1. The molecule has 0 aromatic heterocycles. The van der Waals surface area contributed by atoms with Gasteiger partial charge in [-0.05, 0) is 43.7 Å². The van der Waals surface area contributed by atoms with E-state index in [0.29, 0.717) is 12.6 Å². The maximum Gasteiger partial charge on any atom is 0.119 e. The highest BCUT2D eigenvalue weighted by molar-refractivity contribution is 5.31. The van der Waals surface area contributed by atoms with Crippen molar-refractivity contribution in [2.75, 3.05) is 20.3 Å². The molecule has 2 rings (SSSR count). The summed E-state index contributed by atoms with van der Waals surface area (Å²) in [5, 5.41) is 3.47. The number of hydrogen-bond acceptors (Lipinski definition) is 3. The van der Waals surface area contributed by atoms with E-state index in [9.17, 15) is 0 Å². The van der Waals surface area contributed by atoms with E-state index in [1.165, 1.54) is 11.1 Å². The number of nitrogens with one attached hydrogen (secondary N) is 1. The fourth-order valence-electron chi connectivity index (χ4n) is 2.17. The lowest BCUT2D eigenvalue weighted by Gasteiger charge is -2.15. The molecule has 0 aliphatic rings. The van der Waals surface area contributed by atoms with Crippen LogP contribution in [-0.4, -0.2) is 20.3 Å². The summed E-state index contributed by atoms with van der Waals surface area (Å²) in [4.78, 5) is 0. The Kier molecular flexibility index (Phi) is 5.64. The fourth-order valence-corrected chi connectivity index (χ4v) is 2.17. The van der Waals surface area contributed by atoms with Crippen LogP contribution in [0.4, 0.5) is 0 Å². The van der Waals surface area contributed by atoms with Gasteiger partial charge >= 0.3 is 0 Å². The Balaban J connectivity index is 1.73. The molecule has 112 valence electrons. The number of methoxy groups -OCH3 is 1. The first-order valence-electron chi connectivity index (χ1n) is 7.26. The molecule has 21 heavy (non-hydrogen) atoms. The molecular formula is C18H23NO2. The molecular weight excluding hydrogens is 262 g/mol. The molecule has 0 radical (unpaired) electrons. The first-order valence-corrected chi connectivity index (χ1v) is 7.26. The van der Waals surface area contributed by atoms with Gasteiger partial charge in [-0.15, -0.1) is 0 Å². The van der Waals surface area contributed by atoms with Crippen molar-refractivity contribution < 1.29 is 9.47 Å². The third-order valence-corrected chi connectivity index (χ3v) is 3.42. The Hall–Kier alpha value is -2.00. The Morgan fingerprint density at radius 3 is 2.43 bits per heavy atom.